The largest absolute Gasteiger partial charge is 0.494 e. The number of aromatic nitrogens is 3. The lowest BCUT2D eigenvalue weighted by Gasteiger charge is -2.32. The van der Waals surface area contributed by atoms with E-state index in [1.165, 1.54) is 10.6 Å². The molecule has 0 saturated heterocycles. The van der Waals surface area contributed by atoms with Crippen LogP contribution in [0.4, 0.5) is 10.1 Å². The van der Waals surface area contributed by atoms with E-state index in [1.807, 2.05) is 27.9 Å². The van der Waals surface area contributed by atoms with Gasteiger partial charge in [0.2, 0.25) is 0 Å². The molecule has 8 heteroatoms. The van der Waals surface area contributed by atoms with E-state index in [1.54, 1.807) is 37.5 Å². The molecule has 0 atom stereocenters. The molecule has 0 spiro atoms. The minimum absolute atomic E-state index is 0.0930. The summed E-state index contributed by atoms with van der Waals surface area (Å²) in [5.74, 6) is 0.644. The maximum atomic E-state index is 15.3. The lowest BCUT2D eigenvalue weighted by atomic mass is 9.98. The lowest BCUT2D eigenvalue weighted by Crippen LogP contribution is -2.37. The third kappa shape index (κ3) is 5.66. The highest BCUT2D eigenvalue weighted by molar-refractivity contribution is 6.12. The molecule has 42 heavy (non-hydrogen) atoms. The molecule has 1 N–H and O–H groups in total. The predicted molar refractivity (Wildman–Crippen MR) is 167 cm³/mol. The SMILES string of the molecule is CCc1cccc(CC)c1N1C(c2ccn(CC(C)C)n2)=NCC(Cc2ccc(-c3cccn(C)c3=O)c(F)c2)=C1O. The first-order valence-corrected chi connectivity index (χ1v) is 14.6. The van der Waals surface area contributed by atoms with E-state index in [-0.39, 0.29) is 23.6 Å². The van der Waals surface area contributed by atoms with E-state index < -0.39 is 5.82 Å². The highest BCUT2D eigenvalue weighted by atomic mass is 19.1. The molecular weight excluding hydrogens is 529 g/mol. The number of rotatable bonds is 9. The van der Waals surface area contributed by atoms with E-state index in [2.05, 4.69) is 39.8 Å². The number of hydrogen-bond donors (Lipinski definition) is 1. The van der Waals surface area contributed by atoms with Crippen molar-refractivity contribution in [1.29, 1.82) is 0 Å². The fourth-order valence-corrected chi connectivity index (χ4v) is 5.51. The highest BCUT2D eigenvalue weighted by Crippen LogP contribution is 2.34. The maximum absolute atomic E-state index is 15.3. The zero-order valence-electron chi connectivity index (χ0n) is 24.9. The molecule has 2 aromatic carbocycles. The van der Waals surface area contributed by atoms with E-state index in [0.29, 0.717) is 40.6 Å². The fourth-order valence-electron chi connectivity index (χ4n) is 5.51. The summed E-state index contributed by atoms with van der Waals surface area (Å²) in [6.45, 7) is 9.53. The Labute approximate surface area is 246 Å². The van der Waals surface area contributed by atoms with Gasteiger partial charge in [-0.25, -0.2) is 4.39 Å². The first kappa shape index (κ1) is 29.0. The average molecular weight is 568 g/mol. The van der Waals surface area contributed by atoms with Crippen molar-refractivity contribution >= 4 is 11.5 Å². The zero-order chi connectivity index (χ0) is 30.0. The summed E-state index contributed by atoms with van der Waals surface area (Å²) in [6.07, 6.45) is 5.46. The highest BCUT2D eigenvalue weighted by Gasteiger charge is 2.31. The Balaban J connectivity index is 1.55. The number of hydrogen-bond acceptors (Lipinski definition) is 5. The zero-order valence-corrected chi connectivity index (χ0v) is 24.9. The van der Waals surface area contributed by atoms with Gasteiger partial charge in [0, 0.05) is 43.5 Å². The molecule has 0 amide bonds. The van der Waals surface area contributed by atoms with Gasteiger partial charge < -0.3 is 9.67 Å². The van der Waals surface area contributed by atoms with Crippen molar-refractivity contribution in [3.63, 3.8) is 0 Å². The molecular formula is C34H38FN5O2. The number of benzene rings is 2. The molecule has 7 nitrogen and oxygen atoms in total. The van der Waals surface area contributed by atoms with Gasteiger partial charge in [-0.1, -0.05) is 58.0 Å². The third-order valence-corrected chi connectivity index (χ3v) is 7.63. The van der Waals surface area contributed by atoms with Crippen LogP contribution in [0, 0.1) is 11.7 Å². The van der Waals surface area contributed by atoms with Crippen molar-refractivity contribution in [2.45, 2.75) is 53.5 Å². The van der Waals surface area contributed by atoms with Gasteiger partial charge in [0.15, 0.2) is 11.7 Å². The molecule has 0 radical (unpaired) electrons. The van der Waals surface area contributed by atoms with Gasteiger partial charge in [0.1, 0.15) is 11.5 Å². The fraction of sp³-hybridized carbons (Fsp3) is 0.324. The molecule has 3 heterocycles. The Morgan fingerprint density at radius 1 is 0.976 bits per heavy atom. The molecule has 4 aromatic rings. The topological polar surface area (TPSA) is 75.7 Å². The van der Waals surface area contributed by atoms with Gasteiger partial charge in [0.05, 0.1) is 17.8 Å². The standard InChI is InChI=1S/C34H38FN5O2/c1-6-24-10-8-11-25(7-2)31(24)40-32(30-15-17-39(37-30)21-22(3)4)36-20-26(33(40)41)18-23-13-14-27(29(35)19-23)28-12-9-16-38(5)34(28)42/h8-17,19,22,41H,6-7,18,20-21H2,1-5H3. The third-order valence-electron chi connectivity index (χ3n) is 7.63. The van der Waals surface area contributed by atoms with Crippen LogP contribution in [0.2, 0.25) is 0 Å². The van der Waals surface area contributed by atoms with Crippen molar-refractivity contribution in [3.05, 3.63) is 117 Å². The lowest BCUT2D eigenvalue weighted by molar-refractivity contribution is 0.391. The number of aryl methyl sites for hydroxylation is 3. The number of aliphatic imine (C=N–C) groups is 1. The Bertz CT molecular complexity index is 1710. The smallest absolute Gasteiger partial charge is 0.258 e. The van der Waals surface area contributed by atoms with Gasteiger partial charge in [-0.15, -0.1) is 0 Å². The average Bonchev–Trinajstić information content (AvgIpc) is 3.43. The summed E-state index contributed by atoms with van der Waals surface area (Å²) in [7, 11) is 1.65. The maximum Gasteiger partial charge on any atom is 0.258 e. The minimum Gasteiger partial charge on any atom is -0.494 e. The molecule has 0 fully saturated rings. The first-order chi connectivity index (χ1) is 20.2. The van der Waals surface area contributed by atoms with Crippen LogP contribution in [-0.4, -0.2) is 31.8 Å². The monoisotopic (exact) mass is 567 g/mol. The summed E-state index contributed by atoms with van der Waals surface area (Å²) < 4.78 is 18.7. The van der Waals surface area contributed by atoms with Gasteiger partial charge in [-0.2, -0.15) is 5.10 Å². The Kier molecular flexibility index (Phi) is 8.43. The van der Waals surface area contributed by atoms with Gasteiger partial charge >= 0.3 is 0 Å². The summed E-state index contributed by atoms with van der Waals surface area (Å²) >= 11 is 0. The summed E-state index contributed by atoms with van der Waals surface area (Å²) in [5.41, 5.74) is 5.46. The van der Waals surface area contributed by atoms with E-state index in [4.69, 9.17) is 10.1 Å². The number of para-hydroxylation sites is 1. The van der Waals surface area contributed by atoms with Gasteiger partial charge in [-0.05, 0) is 59.7 Å². The van der Waals surface area contributed by atoms with E-state index in [9.17, 15) is 9.90 Å². The quantitative estimate of drug-likeness (QED) is 0.252. The van der Waals surface area contributed by atoms with Crippen LogP contribution in [-0.2, 0) is 32.9 Å². The number of nitrogens with zero attached hydrogens (tertiary/aromatic N) is 5. The molecule has 1 aliphatic rings. The molecule has 0 saturated carbocycles. The van der Waals surface area contributed by atoms with E-state index in [0.717, 1.165) is 36.2 Å². The van der Waals surface area contributed by atoms with Crippen molar-refractivity contribution in [3.8, 4) is 11.1 Å². The van der Waals surface area contributed by atoms with Crippen LogP contribution in [0.15, 0.2) is 88.2 Å². The number of pyridine rings is 1. The van der Waals surface area contributed by atoms with Crippen molar-refractivity contribution in [2.24, 2.45) is 18.0 Å². The number of amidine groups is 1. The normalized spacial score (nSPS) is 13.7. The molecule has 1 aliphatic heterocycles. The second-order valence-electron chi connectivity index (χ2n) is 11.2. The molecule has 5 rings (SSSR count). The molecule has 2 aromatic heterocycles. The Morgan fingerprint density at radius 2 is 1.71 bits per heavy atom. The Hall–Kier alpha value is -4.46. The van der Waals surface area contributed by atoms with Crippen LogP contribution in [0.25, 0.3) is 11.1 Å². The van der Waals surface area contributed by atoms with Crippen molar-refractivity contribution < 1.29 is 9.50 Å². The van der Waals surface area contributed by atoms with Crippen molar-refractivity contribution in [1.82, 2.24) is 14.3 Å². The number of halogens is 1. The van der Waals surface area contributed by atoms with Crippen LogP contribution in [0.5, 0.6) is 0 Å². The first-order valence-electron chi connectivity index (χ1n) is 14.6. The second kappa shape index (κ2) is 12.2. The number of aliphatic hydroxyl groups excluding tert-OH is 1. The number of anilines is 1. The van der Waals surface area contributed by atoms with Crippen LogP contribution in [0.3, 0.4) is 0 Å². The molecule has 0 unspecified atom stereocenters. The predicted octanol–water partition coefficient (Wildman–Crippen LogP) is 6.45. The molecule has 218 valence electrons. The van der Waals surface area contributed by atoms with E-state index >= 15 is 4.39 Å². The molecule has 0 bridgehead atoms. The van der Waals surface area contributed by atoms with Crippen LogP contribution >= 0.6 is 0 Å². The summed E-state index contributed by atoms with van der Waals surface area (Å²) in [5, 5.41) is 16.7. The van der Waals surface area contributed by atoms with Crippen molar-refractivity contribution in [2.75, 3.05) is 11.4 Å². The minimum atomic E-state index is -0.479. The summed E-state index contributed by atoms with van der Waals surface area (Å²) in [6, 6.07) is 16.4. The van der Waals surface area contributed by atoms with Gasteiger partial charge in [0.25, 0.3) is 5.56 Å². The van der Waals surface area contributed by atoms with Crippen LogP contribution in [0.1, 0.15) is 50.1 Å². The van der Waals surface area contributed by atoms with Crippen LogP contribution < -0.4 is 10.5 Å². The Morgan fingerprint density at radius 3 is 2.38 bits per heavy atom. The van der Waals surface area contributed by atoms with Gasteiger partial charge in [-0.3, -0.25) is 19.4 Å². The second-order valence-corrected chi connectivity index (χ2v) is 11.2. The summed E-state index contributed by atoms with van der Waals surface area (Å²) in [4.78, 5) is 19.4. The number of aliphatic hydroxyl groups is 1. The molecule has 0 aliphatic carbocycles.